The molecule has 1 amide bonds. The van der Waals surface area contributed by atoms with Gasteiger partial charge in [-0.25, -0.2) is 10.4 Å². The number of anilines is 1. The SMILES string of the molecule is CN1CCN(c2ccc(C(=O)NN=CC3CCN(Cc4ccccc4Cl)CC3)nc2)CC1. The van der Waals surface area contributed by atoms with Gasteiger partial charge in [-0.15, -0.1) is 0 Å². The topological polar surface area (TPSA) is 64.1 Å². The van der Waals surface area contributed by atoms with Crippen LogP contribution >= 0.6 is 11.6 Å². The molecular formula is C24H31ClN6O. The quantitative estimate of drug-likeness (QED) is 0.536. The molecule has 170 valence electrons. The van der Waals surface area contributed by atoms with Gasteiger partial charge in [0.1, 0.15) is 5.69 Å². The van der Waals surface area contributed by atoms with Crippen LogP contribution in [0, 0.1) is 5.92 Å². The van der Waals surface area contributed by atoms with Crippen molar-refractivity contribution in [1.29, 1.82) is 0 Å². The van der Waals surface area contributed by atoms with Crippen LogP contribution in [0.1, 0.15) is 28.9 Å². The lowest BCUT2D eigenvalue weighted by molar-refractivity contribution is 0.0950. The van der Waals surface area contributed by atoms with Crippen LogP contribution in [0.2, 0.25) is 5.02 Å². The Morgan fingerprint density at radius 3 is 2.56 bits per heavy atom. The standard InChI is InChI=1S/C24H31ClN6O/c1-29-12-14-31(15-13-29)21-6-7-23(26-17-21)24(32)28-27-16-19-8-10-30(11-9-19)18-20-4-2-3-5-22(20)25/h2-7,16-17,19H,8-15,18H2,1H3,(H,28,32). The van der Waals surface area contributed by atoms with Crippen molar-refractivity contribution < 1.29 is 4.79 Å². The van der Waals surface area contributed by atoms with E-state index in [1.807, 2.05) is 30.5 Å². The smallest absolute Gasteiger partial charge is 0.289 e. The Bertz CT molecular complexity index is 918. The Morgan fingerprint density at radius 2 is 1.88 bits per heavy atom. The van der Waals surface area contributed by atoms with Crippen LogP contribution in [0.15, 0.2) is 47.7 Å². The summed E-state index contributed by atoms with van der Waals surface area (Å²) in [5, 5.41) is 5.02. The van der Waals surface area contributed by atoms with E-state index in [0.717, 1.165) is 69.4 Å². The number of likely N-dealkylation sites (tertiary alicyclic amines) is 1. The van der Waals surface area contributed by atoms with Crippen molar-refractivity contribution >= 4 is 29.4 Å². The zero-order valence-corrected chi connectivity index (χ0v) is 19.3. The first-order chi connectivity index (χ1) is 15.6. The van der Waals surface area contributed by atoms with Crippen LogP contribution in [0.5, 0.6) is 0 Å². The van der Waals surface area contributed by atoms with Gasteiger partial charge in [-0.2, -0.15) is 5.10 Å². The third-order valence-corrected chi connectivity index (χ3v) is 6.65. The van der Waals surface area contributed by atoms with Crippen LogP contribution in [0.25, 0.3) is 0 Å². The van der Waals surface area contributed by atoms with Gasteiger partial charge in [0, 0.05) is 44.0 Å². The van der Waals surface area contributed by atoms with E-state index in [2.05, 4.69) is 43.3 Å². The van der Waals surface area contributed by atoms with Gasteiger partial charge < -0.3 is 9.80 Å². The Kier molecular flexibility index (Phi) is 7.73. The van der Waals surface area contributed by atoms with Crippen molar-refractivity contribution in [2.75, 3.05) is 51.2 Å². The summed E-state index contributed by atoms with van der Waals surface area (Å²) in [5.74, 6) is 0.0905. The van der Waals surface area contributed by atoms with Gasteiger partial charge in [0.25, 0.3) is 5.91 Å². The molecule has 0 unspecified atom stereocenters. The lowest BCUT2D eigenvalue weighted by Gasteiger charge is -2.33. The molecule has 2 aliphatic heterocycles. The third kappa shape index (κ3) is 6.06. The number of pyridine rings is 1. The normalized spacial score (nSPS) is 18.9. The van der Waals surface area contributed by atoms with Gasteiger partial charge in [0.2, 0.25) is 0 Å². The van der Waals surface area contributed by atoms with Crippen molar-refractivity contribution in [2.24, 2.45) is 11.0 Å². The van der Waals surface area contributed by atoms with Gasteiger partial charge in [0.05, 0.1) is 11.9 Å². The molecule has 0 radical (unpaired) electrons. The summed E-state index contributed by atoms with van der Waals surface area (Å²) in [6.07, 6.45) is 5.67. The van der Waals surface area contributed by atoms with E-state index in [0.29, 0.717) is 11.6 Å². The molecule has 2 fully saturated rings. The summed E-state index contributed by atoms with van der Waals surface area (Å²) in [4.78, 5) is 23.7. The third-order valence-electron chi connectivity index (χ3n) is 6.28. The molecular weight excluding hydrogens is 424 g/mol. The number of halogens is 1. The number of nitrogens with zero attached hydrogens (tertiary/aromatic N) is 5. The predicted octanol–water partition coefficient (Wildman–Crippen LogP) is 3.11. The van der Waals surface area contributed by atoms with Crippen molar-refractivity contribution in [3.63, 3.8) is 0 Å². The van der Waals surface area contributed by atoms with Crippen LogP contribution in [0.4, 0.5) is 5.69 Å². The number of nitrogens with one attached hydrogen (secondary N) is 1. The molecule has 0 aliphatic carbocycles. The first-order valence-electron chi connectivity index (χ1n) is 11.3. The first kappa shape index (κ1) is 22.7. The molecule has 1 aromatic heterocycles. The number of likely N-dealkylation sites (N-methyl/N-ethyl adjacent to an activating group) is 1. The molecule has 0 spiro atoms. The average molecular weight is 455 g/mol. The van der Waals surface area contributed by atoms with Crippen molar-refractivity contribution in [3.05, 3.63) is 58.9 Å². The van der Waals surface area contributed by atoms with Gasteiger partial charge in [0.15, 0.2) is 0 Å². The highest BCUT2D eigenvalue weighted by atomic mass is 35.5. The van der Waals surface area contributed by atoms with Gasteiger partial charge in [-0.05, 0) is 62.7 Å². The maximum Gasteiger partial charge on any atom is 0.289 e. The number of amides is 1. The average Bonchev–Trinajstić information content (AvgIpc) is 2.82. The number of piperidine rings is 1. The summed E-state index contributed by atoms with van der Waals surface area (Å²) in [6.45, 7) is 6.88. The molecule has 0 bridgehead atoms. The van der Waals surface area contributed by atoms with Crippen LogP contribution in [0.3, 0.4) is 0 Å². The molecule has 3 heterocycles. The van der Waals surface area contributed by atoms with Crippen LogP contribution < -0.4 is 10.3 Å². The number of hydrogen-bond donors (Lipinski definition) is 1. The number of hydrogen-bond acceptors (Lipinski definition) is 6. The van der Waals surface area contributed by atoms with E-state index in [1.165, 1.54) is 5.56 Å². The van der Waals surface area contributed by atoms with Gasteiger partial charge in [-0.3, -0.25) is 9.69 Å². The van der Waals surface area contributed by atoms with E-state index in [1.54, 1.807) is 12.3 Å². The zero-order chi connectivity index (χ0) is 22.3. The molecule has 2 aromatic rings. The molecule has 0 atom stereocenters. The number of aromatic nitrogens is 1. The fourth-order valence-electron chi connectivity index (χ4n) is 4.16. The van der Waals surface area contributed by atoms with Crippen LogP contribution in [-0.4, -0.2) is 73.2 Å². The molecule has 0 saturated carbocycles. The second kappa shape index (κ2) is 10.9. The summed E-state index contributed by atoms with van der Waals surface area (Å²) in [6, 6.07) is 11.7. The zero-order valence-electron chi connectivity index (χ0n) is 18.6. The van der Waals surface area contributed by atoms with E-state index in [4.69, 9.17) is 11.6 Å². The first-order valence-corrected chi connectivity index (χ1v) is 11.6. The highest BCUT2D eigenvalue weighted by molar-refractivity contribution is 6.31. The molecule has 4 rings (SSSR count). The van der Waals surface area contributed by atoms with Gasteiger partial charge in [-0.1, -0.05) is 29.8 Å². The number of rotatable bonds is 6. The predicted molar refractivity (Wildman–Crippen MR) is 129 cm³/mol. The fourth-order valence-corrected chi connectivity index (χ4v) is 4.35. The number of benzene rings is 1. The Balaban J connectivity index is 1.20. The molecule has 32 heavy (non-hydrogen) atoms. The lowest BCUT2D eigenvalue weighted by Crippen LogP contribution is -2.44. The Hall–Kier alpha value is -2.48. The number of carbonyl (C=O) groups is 1. The van der Waals surface area contributed by atoms with E-state index < -0.39 is 0 Å². The fraction of sp³-hybridized carbons (Fsp3) is 0.458. The largest absolute Gasteiger partial charge is 0.368 e. The minimum absolute atomic E-state index is 0.276. The Morgan fingerprint density at radius 1 is 1.12 bits per heavy atom. The minimum Gasteiger partial charge on any atom is -0.368 e. The lowest BCUT2D eigenvalue weighted by atomic mass is 9.98. The Labute approximate surface area is 195 Å². The molecule has 7 nitrogen and oxygen atoms in total. The molecule has 8 heteroatoms. The van der Waals surface area contributed by atoms with Crippen molar-refractivity contribution in [2.45, 2.75) is 19.4 Å². The monoisotopic (exact) mass is 454 g/mol. The van der Waals surface area contributed by atoms with Crippen molar-refractivity contribution in [1.82, 2.24) is 20.2 Å². The summed E-state index contributed by atoms with van der Waals surface area (Å²) < 4.78 is 0. The highest BCUT2D eigenvalue weighted by Gasteiger charge is 2.19. The molecule has 2 aliphatic rings. The van der Waals surface area contributed by atoms with Crippen LogP contribution in [-0.2, 0) is 6.54 Å². The maximum atomic E-state index is 12.4. The van der Waals surface area contributed by atoms with E-state index in [9.17, 15) is 4.79 Å². The second-order valence-corrected chi connectivity index (χ2v) is 9.02. The van der Waals surface area contributed by atoms with Crippen molar-refractivity contribution in [3.8, 4) is 0 Å². The summed E-state index contributed by atoms with van der Waals surface area (Å²) in [7, 11) is 2.13. The molecule has 1 N–H and O–H groups in total. The highest BCUT2D eigenvalue weighted by Crippen LogP contribution is 2.21. The number of hydrazone groups is 1. The maximum absolute atomic E-state index is 12.4. The summed E-state index contributed by atoms with van der Waals surface area (Å²) >= 11 is 6.28. The number of carbonyl (C=O) groups excluding carboxylic acids is 1. The van der Waals surface area contributed by atoms with E-state index in [-0.39, 0.29) is 5.91 Å². The summed E-state index contributed by atoms with van der Waals surface area (Å²) in [5.41, 5.74) is 5.23. The number of piperazine rings is 1. The minimum atomic E-state index is -0.276. The molecule has 2 saturated heterocycles. The van der Waals surface area contributed by atoms with Gasteiger partial charge >= 0.3 is 0 Å². The second-order valence-electron chi connectivity index (χ2n) is 8.62. The molecule has 1 aromatic carbocycles. The van der Waals surface area contributed by atoms with E-state index >= 15 is 0 Å².